The molecule has 1 heterocycles. The molecule has 2 N–H and O–H groups in total. The van der Waals surface area contributed by atoms with E-state index in [1.807, 2.05) is 0 Å². The minimum atomic E-state index is 0.650. The Bertz CT molecular complexity index is 264. The van der Waals surface area contributed by atoms with Gasteiger partial charge in [0.05, 0.1) is 0 Å². The normalized spacial score (nSPS) is 37.7. The van der Waals surface area contributed by atoms with Gasteiger partial charge in [0.1, 0.15) is 0 Å². The van der Waals surface area contributed by atoms with Crippen LogP contribution in [-0.4, -0.2) is 30.1 Å². The zero-order chi connectivity index (χ0) is 13.8. The van der Waals surface area contributed by atoms with E-state index in [2.05, 4.69) is 25.7 Å². The average molecular weight is 266 g/mol. The molecule has 0 spiro atoms. The lowest BCUT2D eigenvalue weighted by atomic mass is 9.78. The van der Waals surface area contributed by atoms with Crippen LogP contribution in [-0.2, 0) is 0 Å². The topological polar surface area (TPSA) is 29.3 Å². The molecule has 4 atom stereocenters. The van der Waals surface area contributed by atoms with Gasteiger partial charge in [0.2, 0.25) is 0 Å². The van der Waals surface area contributed by atoms with E-state index in [-0.39, 0.29) is 0 Å². The Morgan fingerprint density at radius 2 is 1.95 bits per heavy atom. The van der Waals surface area contributed by atoms with Crippen molar-refractivity contribution in [1.29, 1.82) is 0 Å². The molecule has 1 saturated heterocycles. The minimum Gasteiger partial charge on any atom is -0.329 e. The molecule has 2 aliphatic rings. The van der Waals surface area contributed by atoms with E-state index >= 15 is 0 Å². The second-order valence-corrected chi connectivity index (χ2v) is 7.48. The maximum absolute atomic E-state index is 6.06. The molecule has 0 radical (unpaired) electrons. The maximum Gasteiger partial charge on any atom is 0.0246 e. The van der Waals surface area contributed by atoms with Crippen molar-refractivity contribution in [3.63, 3.8) is 0 Å². The number of hydrogen-bond donors (Lipinski definition) is 1. The van der Waals surface area contributed by atoms with E-state index in [1.165, 1.54) is 51.5 Å². The summed E-state index contributed by atoms with van der Waals surface area (Å²) in [6.45, 7) is 9.29. The Morgan fingerprint density at radius 1 is 1.16 bits per heavy atom. The predicted octanol–water partition coefficient (Wildman–Crippen LogP) is 3.65. The van der Waals surface area contributed by atoms with Gasteiger partial charge in [-0.2, -0.15) is 0 Å². The van der Waals surface area contributed by atoms with Crippen molar-refractivity contribution in [2.45, 2.75) is 77.8 Å². The van der Waals surface area contributed by atoms with Gasteiger partial charge in [-0.3, -0.25) is 4.90 Å². The van der Waals surface area contributed by atoms with Gasteiger partial charge in [-0.05, 0) is 56.4 Å². The molecule has 4 unspecified atom stereocenters. The van der Waals surface area contributed by atoms with Gasteiger partial charge in [0.15, 0.2) is 0 Å². The van der Waals surface area contributed by atoms with Gasteiger partial charge in [0, 0.05) is 18.6 Å². The van der Waals surface area contributed by atoms with Crippen LogP contribution in [0.1, 0.15) is 65.7 Å². The summed E-state index contributed by atoms with van der Waals surface area (Å²) < 4.78 is 0. The lowest BCUT2D eigenvalue weighted by molar-refractivity contribution is 0.0316. The van der Waals surface area contributed by atoms with E-state index in [0.717, 1.165) is 30.3 Å². The molecular formula is C17H34N2. The van der Waals surface area contributed by atoms with E-state index in [1.54, 1.807) is 0 Å². The molecule has 1 saturated carbocycles. The molecule has 1 aliphatic carbocycles. The lowest BCUT2D eigenvalue weighted by Gasteiger charge is -2.47. The van der Waals surface area contributed by atoms with Gasteiger partial charge >= 0.3 is 0 Å². The molecule has 2 fully saturated rings. The van der Waals surface area contributed by atoms with E-state index < -0.39 is 0 Å². The van der Waals surface area contributed by atoms with Crippen LogP contribution in [0.4, 0.5) is 0 Å². The van der Waals surface area contributed by atoms with Crippen LogP contribution < -0.4 is 5.73 Å². The first-order chi connectivity index (χ1) is 9.11. The van der Waals surface area contributed by atoms with Gasteiger partial charge < -0.3 is 5.73 Å². The van der Waals surface area contributed by atoms with Crippen molar-refractivity contribution in [2.24, 2.45) is 23.5 Å². The predicted molar refractivity (Wildman–Crippen MR) is 83.1 cm³/mol. The number of likely N-dealkylation sites (tertiary alicyclic amines) is 1. The largest absolute Gasteiger partial charge is 0.329 e. The summed E-state index contributed by atoms with van der Waals surface area (Å²) in [5.74, 6) is 2.62. The Morgan fingerprint density at radius 3 is 2.63 bits per heavy atom. The quantitative estimate of drug-likeness (QED) is 0.841. The number of nitrogens with two attached hydrogens (primary N) is 1. The number of rotatable bonds is 4. The second kappa shape index (κ2) is 7.08. The summed E-state index contributed by atoms with van der Waals surface area (Å²) in [7, 11) is 0. The van der Waals surface area contributed by atoms with Crippen LogP contribution in [0.2, 0.25) is 0 Å². The van der Waals surface area contributed by atoms with Crippen molar-refractivity contribution in [2.75, 3.05) is 13.1 Å². The Labute approximate surface area is 120 Å². The van der Waals surface area contributed by atoms with Crippen LogP contribution in [0.5, 0.6) is 0 Å². The third kappa shape index (κ3) is 3.95. The fourth-order valence-corrected chi connectivity index (χ4v) is 4.55. The molecular weight excluding hydrogens is 232 g/mol. The second-order valence-electron chi connectivity index (χ2n) is 7.48. The number of nitrogens with zero attached hydrogens (tertiary/aromatic N) is 1. The number of piperidine rings is 1. The molecule has 2 heteroatoms. The minimum absolute atomic E-state index is 0.650. The smallest absolute Gasteiger partial charge is 0.0246 e. The molecule has 0 aromatic heterocycles. The molecule has 0 aromatic rings. The Kier molecular flexibility index (Phi) is 5.70. The standard InChI is InChI=1S/C17H34N2/c1-13(2)10-15-7-4-8-16(11-15)19-9-5-6-14(3)17(19)12-18/h13-17H,4-12,18H2,1-3H3. The van der Waals surface area contributed by atoms with Crippen molar-refractivity contribution in [3.8, 4) is 0 Å². The highest BCUT2D eigenvalue weighted by Crippen LogP contribution is 2.35. The van der Waals surface area contributed by atoms with Crippen molar-refractivity contribution in [3.05, 3.63) is 0 Å². The highest BCUT2D eigenvalue weighted by atomic mass is 15.2. The summed E-state index contributed by atoms with van der Waals surface area (Å²) in [6, 6.07) is 1.48. The molecule has 0 amide bonds. The lowest BCUT2D eigenvalue weighted by Crippen LogP contribution is -2.54. The monoisotopic (exact) mass is 266 g/mol. The first-order valence-electron chi connectivity index (χ1n) is 8.57. The summed E-state index contributed by atoms with van der Waals surface area (Å²) in [5, 5.41) is 0. The fraction of sp³-hybridized carbons (Fsp3) is 1.00. The highest BCUT2D eigenvalue weighted by molar-refractivity contribution is 4.90. The van der Waals surface area contributed by atoms with Crippen molar-refractivity contribution >= 4 is 0 Å². The summed E-state index contributed by atoms with van der Waals surface area (Å²) >= 11 is 0. The van der Waals surface area contributed by atoms with Crippen LogP contribution in [0.25, 0.3) is 0 Å². The van der Waals surface area contributed by atoms with Gasteiger partial charge in [-0.1, -0.05) is 33.6 Å². The molecule has 2 nitrogen and oxygen atoms in total. The van der Waals surface area contributed by atoms with E-state index in [4.69, 9.17) is 5.73 Å². The third-order valence-corrected chi connectivity index (χ3v) is 5.43. The van der Waals surface area contributed by atoms with E-state index in [9.17, 15) is 0 Å². The van der Waals surface area contributed by atoms with Crippen molar-refractivity contribution in [1.82, 2.24) is 4.90 Å². The van der Waals surface area contributed by atoms with Crippen LogP contribution in [0.15, 0.2) is 0 Å². The number of hydrogen-bond acceptors (Lipinski definition) is 2. The van der Waals surface area contributed by atoms with Gasteiger partial charge in [0.25, 0.3) is 0 Å². The summed E-state index contributed by atoms with van der Waals surface area (Å²) in [6.07, 6.45) is 9.92. The van der Waals surface area contributed by atoms with E-state index in [0.29, 0.717) is 6.04 Å². The fourth-order valence-electron chi connectivity index (χ4n) is 4.55. The maximum atomic E-state index is 6.06. The molecule has 0 aromatic carbocycles. The highest BCUT2D eigenvalue weighted by Gasteiger charge is 2.34. The van der Waals surface area contributed by atoms with Gasteiger partial charge in [-0.25, -0.2) is 0 Å². The summed E-state index contributed by atoms with van der Waals surface area (Å²) in [5.41, 5.74) is 6.06. The molecule has 19 heavy (non-hydrogen) atoms. The SMILES string of the molecule is CC(C)CC1CCCC(N2CCCC(C)C2CN)C1. The Balaban J connectivity index is 1.95. The molecule has 1 aliphatic heterocycles. The zero-order valence-corrected chi connectivity index (χ0v) is 13.3. The first-order valence-corrected chi connectivity index (χ1v) is 8.57. The van der Waals surface area contributed by atoms with Crippen LogP contribution >= 0.6 is 0 Å². The Hall–Kier alpha value is -0.0800. The van der Waals surface area contributed by atoms with Gasteiger partial charge in [-0.15, -0.1) is 0 Å². The average Bonchev–Trinajstić information content (AvgIpc) is 2.38. The van der Waals surface area contributed by atoms with Crippen LogP contribution in [0, 0.1) is 17.8 Å². The van der Waals surface area contributed by atoms with Crippen molar-refractivity contribution < 1.29 is 0 Å². The third-order valence-electron chi connectivity index (χ3n) is 5.43. The summed E-state index contributed by atoms with van der Waals surface area (Å²) in [4.78, 5) is 2.79. The zero-order valence-electron chi connectivity index (χ0n) is 13.3. The first kappa shape index (κ1) is 15.3. The molecule has 112 valence electrons. The van der Waals surface area contributed by atoms with Crippen LogP contribution in [0.3, 0.4) is 0 Å². The molecule has 0 bridgehead atoms. The molecule has 2 rings (SSSR count).